The standard InChI is InChI=1S/C13H24/c1-2-5-11-8-9-12-6-3-4-7-13(12)10-11/h11-13H,2-10H2,1H3/t11?,12-,13-/m0/s1. The van der Waals surface area contributed by atoms with Crippen molar-refractivity contribution in [2.45, 2.75) is 64.7 Å². The molecular weight excluding hydrogens is 156 g/mol. The van der Waals surface area contributed by atoms with Gasteiger partial charge in [-0.2, -0.15) is 0 Å². The predicted molar refractivity (Wildman–Crippen MR) is 57.7 cm³/mol. The van der Waals surface area contributed by atoms with Crippen LogP contribution in [0.25, 0.3) is 0 Å². The Morgan fingerprint density at radius 1 is 0.923 bits per heavy atom. The lowest BCUT2D eigenvalue weighted by molar-refractivity contribution is 0.125. The summed E-state index contributed by atoms with van der Waals surface area (Å²) in [6.07, 6.45) is 13.8. The van der Waals surface area contributed by atoms with Crippen molar-refractivity contribution in [2.24, 2.45) is 17.8 Å². The zero-order chi connectivity index (χ0) is 9.10. The van der Waals surface area contributed by atoms with Crippen LogP contribution in [0.5, 0.6) is 0 Å². The van der Waals surface area contributed by atoms with Gasteiger partial charge in [0.25, 0.3) is 0 Å². The summed E-state index contributed by atoms with van der Waals surface area (Å²) in [5.74, 6) is 3.38. The molecule has 2 saturated carbocycles. The zero-order valence-electron chi connectivity index (χ0n) is 9.10. The lowest BCUT2D eigenvalue weighted by Crippen LogP contribution is -2.27. The van der Waals surface area contributed by atoms with E-state index in [1.54, 1.807) is 32.1 Å². The van der Waals surface area contributed by atoms with Crippen LogP contribution in [-0.4, -0.2) is 0 Å². The van der Waals surface area contributed by atoms with Crippen molar-refractivity contribution < 1.29 is 0 Å². The molecule has 0 radical (unpaired) electrons. The van der Waals surface area contributed by atoms with Crippen LogP contribution >= 0.6 is 0 Å². The summed E-state index contributed by atoms with van der Waals surface area (Å²) in [6.45, 7) is 2.34. The molecule has 0 spiro atoms. The van der Waals surface area contributed by atoms with Crippen LogP contribution in [-0.2, 0) is 0 Å². The van der Waals surface area contributed by atoms with Gasteiger partial charge in [0.15, 0.2) is 0 Å². The molecule has 0 N–H and O–H groups in total. The lowest BCUT2D eigenvalue weighted by Gasteiger charge is -2.39. The Labute approximate surface area is 83.1 Å². The molecule has 0 bridgehead atoms. The second-order valence-corrected chi connectivity index (χ2v) is 5.27. The summed E-state index contributed by atoms with van der Waals surface area (Å²) < 4.78 is 0. The average molecular weight is 180 g/mol. The maximum atomic E-state index is 2.34. The first kappa shape index (κ1) is 9.55. The Morgan fingerprint density at radius 2 is 1.69 bits per heavy atom. The van der Waals surface area contributed by atoms with Crippen LogP contribution in [0.1, 0.15) is 64.7 Å². The fourth-order valence-electron chi connectivity index (χ4n) is 3.64. The van der Waals surface area contributed by atoms with Gasteiger partial charge in [-0.3, -0.25) is 0 Å². The van der Waals surface area contributed by atoms with Gasteiger partial charge in [0.2, 0.25) is 0 Å². The number of rotatable bonds is 2. The van der Waals surface area contributed by atoms with E-state index in [9.17, 15) is 0 Å². The molecule has 2 aliphatic carbocycles. The second-order valence-electron chi connectivity index (χ2n) is 5.27. The van der Waals surface area contributed by atoms with Gasteiger partial charge < -0.3 is 0 Å². The summed E-state index contributed by atoms with van der Waals surface area (Å²) in [4.78, 5) is 0. The highest BCUT2D eigenvalue weighted by atomic mass is 14.4. The maximum absolute atomic E-state index is 2.34. The molecule has 0 aromatic heterocycles. The largest absolute Gasteiger partial charge is 0.0654 e. The van der Waals surface area contributed by atoms with Crippen LogP contribution in [0.4, 0.5) is 0 Å². The molecular formula is C13H24. The molecule has 2 fully saturated rings. The van der Waals surface area contributed by atoms with E-state index in [0.717, 1.165) is 17.8 Å². The third kappa shape index (κ3) is 2.27. The van der Waals surface area contributed by atoms with Crippen LogP contribution < -0.4 is 0 Å². The van der Waals surface area contributed by atoms with Crippen LogP contribution in [0.3, 0.4) is 0 Å². The third-order valence-corrected chi connectivity index (χ3v) is 4.35. The molecule has 0 aliphatic heterocycles. The minimum Gasteiger partial charge on any atom is -0.0654 e. The van der Waals surface area contributed by atoms with E-state index >= 15 is 0 Å². The molecule has 2 rings (SSSR count). The Morgan fingerprint density at radius 3 is 2.46 bits per heavy atom. The van der Waals surface area contributed by atoms with Gasteiger partial charge in [-0.05, 0) is 30.6 Å². The van der Waals surface area contributed by atoms with Crippen molar-refractivity contribution in [3.05, 3.63) is 0 Å². The van der Waals surface area contributed by atoms with Crippen molar-refractivity contribution in [2.75, 3.05) is 0 Å². The van der Waals surface area contributed by atoms with Crippen molar-refractivity contribution in [1.29, 1.82) is 0 Å². The molecule has 2 aliphatic rings. The molecule has 0 heterocycles. The molecule has 76 valence electrons. The SMILES string of the molecule is CCCC1CC[C@@H]2CCCC[C@H]2C1. The van der Waals surface area contributed by atoms with E-state index in [2.05, 4.69) is 6.92 Å². The number of hydrogen-bond donors (Lipinski definition) is 0. The van der Waals surface area contributed by atoms with E-state index in [-0.39, 0.29) is 0 Å². The fraction of sp³-hybridized carbons (Fsp3) is 1.00. The number of hydrogen-bond acceptors (Lipinski definition) is 0. The normalized spacial score (nSPS) is 39.9. The minimum atomic E-state index is 1.10. The molecule has 0 amide bonds. The highest BCUT2D eigenvalue weighted by Gasteiger charge is 2.31. The summed E-state index contributed by atoms with van der Waals surface area (Å²) in [7, 11) is 0. The quantitative estimate of drug-likeness (QED) is 0.591. The van der Waals surface area contributed by atoms with Crippen LogP contribution in [0.2, 0.25) is 0 Å². The molecule has 0 saturated heterocycles. The summed E-state index contributed by atoms with van der Waals surface area (Å²) in [6, 6.07) is 0. The Balaban J connectivity index is 1.84. The van der Waals surface area contributed by atoms with Gasteiger partial charge in [-0.15, -0.1) is 0 Å². The monoisotopic (exact) mass is 180 g/mol. The van der Waals surface area contributed by atoms with Gasteiger partial charge in [-0.1, -0.05) is 51.9 Å². The average Bonchev–Trinajstić information content (AvgIpc) is 2.18. The van der Waals surface area contributed by atoms with Gasteiger partial charge in [0.05, 0.1) is 0 Å². The fourth-order valence-corrected chi connectivity index (χ4v) is 3.64. The van der Waals surface area contributed by atoms with Crippen molar-refractivity contribution in [3.63, 3.8) is 0 Å². The Hall–Kier alpha value is 0. The first-order valence-corrected chi connectivity index (χ1v) is 6.40. The summed E-state index contributed by atoms with van der Waals surface area (Å²) in [5, 5.41) is 0. The second kappa shape index (κ2) is 4.48. The highest BCUT2D eigenvalue weighted by molar-refractivity contribution is 4.82. The van der Waals surface area contributed by atoms with E-state index in [1.165, 1.54) is 25.7 Å². The number of fused-ring (bicyclic) bond motifs is 1. The zero-order valence-corrected chi connectivity index (χ0v) is 9.10. The third-order valence-electron chi connectivity index (χ3n) is 4.35. The Bertz CT molecular complexity index is 150. The van der Waals surface area contributed by atoms with Crippen LogP contribution in [0, 0.1) is 17.8 Å². The molecule has 13 heavy (non-hydrogen) atoms. The molecule has 0 heteroatoms. The van der Waals surface area contributed by atoms with Gasteiger partial charge >= 0.3 is 0 Å². The van der Waals surface area contributed by atoms with Gasteiger partial charge in [0, 0.05) is 0 Å². The lowest BCUT2D eigenvalue weighted by atomic mass is 9.67. The summed E-state index contributed by atoms with van der Waals surface area (Å²) in [5.41, 5.74) is 0. The molecule has 0 nitrogen and oxygen atoms in total. The molecule has 1 unspecified atom stereocenters. The van der Waals surface area contributed by atoms with Crippen LogP contribution in [0.15, 0.2) is 0 Å². The van der Waals surface area contributed by atoms with E-state index in [0.29, 0.717) is 0 Å². The maximum Gasteiger partial charge on any atom is -0.0383 e. The first-order valence-electron chi connectivity index (χ1n) is 6.40. The minimum absolute atomic E-state index is 1.10. The predicted octanol–water partition coefficient (Wildman–Crippen LogP) is 4.39. The van der Waals surface area contributed by atoms with E-state index in [4.69, 9.17) is 0 Å². The topological polar surface area (TPSA) is 0 Å². The van der Waals surface area contributed by atoms with E-state index in [1.807, 2.05) is 0 Å². The molecule has 0 aromatic rings. The van der Waals surface area contributed by atoms with Crippen molar-refractivity contribution in [3.8, 4) is 0 Å². The highest BCUT2D eigenvalue weighted by Crippen LogP contribution is 2.43. The van der Waals surface area contributed by atoms with Crippen molar-refractivity contribution >= 4 is 0 Å². The van der Waals surface area contributed by atoms with Gasteiger partial charge in [-0.25, -0.2) is 0 Å². The molecule has 0 aromatic carbocycles. The first-order chi connectivity index (χ1) is 6.40. The van der Waals surface area contributed by atoms with E-state index < -0.39 is 0 Å². The van der Waals surface area contributed by atoms with Crippen molar-refractivity contribution in [1.82, 2.24) is 0 Å². The van der Waals surface area contributed by atoms with Gasteiger partial charge in [0.1, 0.15) is 0 Å². The smallest absolute Gasteiger partial charge is 0.0383 e. The molecule has 3 atom stereocenters. The summed E-state index contributed by atoms with van der Waals surface area (Å²) >= 11 is 0. The Kier molecular flexibility index (Phi) is 3.29.